The van der Waals surface area contributed by atoms with Crippen molar-refractivity contribution < 1.29 is 14.3 Å². The topological polar surface area (TPSA) is 59.6 Å². The second-order valence-corrected chi connectivity index (χ2v) is 6.40. The SMILES string of the molecule is COc1cc(C(=O)NCC2CCCN2)ccc1OCCC(C)C. The van der Waals surface area contributed by atoms with Gasteiger partial charge in [-0.05, 0) is 49.9 Å². The van der Waals surface area contributed by atoms with Crippen LogP contribution in [0, 0.1) is 5.92 Å². The third-order valence-electron chi connectivity index (χ3n) is 4.05. The fourth-order valence-electron chi connectivity index (χ4n) is 2.58. The Morgan fingerprint density at radius 1 is 1.39 bits per heavy atom. The van der Waals surface area contributed by atoms with Crippen LogP contribution in [0.3, 0.4) is 0 Å². The molecule has 128 valence electrons. The lowest BCUT2D eigenvalue weighted by Gasteiger charge is -2.14. The number of methoxy groups -OCH3 is 1. The van der Waals surface area contributed by atoms with E-state index < -0.39 is 0 Å². The van der Waals surface area contributed by atoms with Crippen molar-refractivity contribution in [3.63, 3.8) is 0 Å². The normalized spacial score (nSPS) is 17.3. The maximum absolute atomic E-state index is 12.2. The van der Waals surface area contributed by atoms with Crippen LogP contribution in [0.4, 0.5) is 0 Å². The molecule has 1 aliphatic heterocycles. The summed E-state index contributed by atoms with van der Waals surface area (Å²) in [5.41, 5.74) is 0.594. The van der Waals surface area contributed by atoms with E-state index in [1.165, 1.54) is 6.42 Å². The first kappa shape index (κ1) is 17.6. The van der Waals surface area contributed by atoms with Crippen LogP contribution in [0.1, 0.15) is 43.5 Å². The summed E-state index contributed by atoms with van der Waals surface area (Å²) < 4.78 is 11.1. The number of amides is 1. The molecular weight excluding hydrogens is 292 g/mol. The Bertz CT molecular complexity index is 511. The summed E-state index contributed by atoms with van der Waals surface area (Å²) in [5.74, 6) is 1.79. The number of hydrogen-bond donors (Lipinski definition) is 2. The second-order valence-electron chi connectivity index (χ2n) is 6.40. The molecule has 1 fully saturated rings. The quantitative estimate of drug-likeness (QED) is 0.773. The summed E-state index contributed by atoms with van der Waals surface area (Å²) in [6.45, 7) is 6.66. The minimum Gasteiger partial charge on any atom is -0.493 e. The minimum absolute atomic E-state index is 0.0780. The molecule has 1 heterocycles. The Hall–Kier alpha value is -1.75. The number of ether oxygens (including phenoxy) is 2. The average molecular weight is 320 g/mol. The van der Waals surface area contributed by atoms with Crippen LogP contribution in [0.2, 0.25) is 0 Å². The van der Waals surface area contributed by atoms with Gasteiger partial charge in [-0.25, -0.2) is 0 Å². The van der Waals surface area contributed by atoms with Gasteiger partial charge in [-0.1, -0.05) is 13.8 Å². The molecule has 0 aromatic heterocycles. The summed E-state index contributed by atoms with van der Waals surface area (Å²) in [6.07, 6.45) is 3.28. The minimum atomic E-state index is -0.0780. The number of nitrogens with one attached hydrogen (secondary N) is 2. The highest BCUT2D eigenvalue weighted by molar-refractivity contribution is 5.94. The van der Waals surface area contributed by atoms with Crippen molar-refractivity contribution in [3.8, 4) is 11.5 Å². The molecular formula is C18H28N2O3. The highest BCUT2D eigenvalue weighted by atomic mass is 16.5. The van der Waals surface area contributed by atoms with Gasteiger partial charge in [-0.15, -0.1) is 0 Å². The van der Waals surface area contributed by atoms with E-state index in [2.05, 4.69) is 24.5 Å². The van der Waals surface area contributed by atoms with Gasteiger partial charge in [0, 0.05) is 18.2 Å². The lowest BCUT2D eigenvalue weighted by atomic mass is 10.1. The molecule has 5 heteroatoms. The van der Waals surface area contributed by atoms with Crippen LogP contribution >= 0.6 is 0 Å². The first-order valence-corrected chi connectivity index (χ1v) is 8.42. The highest BCUT2D eigenvalue weighted by Gasteiger charge is 2.16. The van der Waals surface area contributed by atoms with Gasteiger partial charge in [0.05, 0.1) is 13.7 Å². The highest BCUT2D eigenvalue weighted by Crippen LogP contribution is 2.28. The Balaban J connectivity index is 1.92. The molecule has 2 N–H and O–H groups in total. The number of carbonyl (C=O) groups is 1. The molecule has 1 amide bonds. The molecule has 0 saturated carbocycles. The predicted molar refractivity (Wildman–Crippen MR) is 91.3 cm³/mol. The monoisotopic (exact) mass is 320 g/mol. The van der Waals surface area contributed by atoms with Crippen molar-refractivity contribution in [2.24, 2.45) is 5.92 Å². The van der Waals surface area contributed by atoms with Crippen molar-refractivity contribution in [3.05, 3.63) is 23.8 Å². The molecule has 0 spiro atoms. The smallest absolute Gasteiger partial charge is 0.251 e. The van der Waals surface area contributed by atoms with Crippen molar-refractivity contribution in [2.45, 2.75) is 39.2 Å². The van der Waals surface area contributed by atoms with Crippen LogP contribution in [0.5, 0.6) is 11.5 Å². The Morgan fingerprint density at radius 2 is 2.22 bits per heavy atom. The van der Waals surface area contributed by atoms with Crippen LogP contribution in [-0.2, 0) is 0 Å². The first-order valence-electron chi connectivity index (χ1n) is 8.42. The van der Waals surface area contributed by atoms with E-state index in [9.17, 15) is 4.79 Å². The fourth-order valence-corrected chi connectivity index (χ4v) is 2.58. The van der Waals surface area contributed by atoms with Crippen LogP contribution in [-0.4, -0.2) is 38.8 Å². The largest absolute Gasteiger partial charge is 0.493 e. The van der Waals surface area contributed by atoms with Gasteiger partial charge in [-0.2, -0.15) is 0 Å². The Labute approximate surface area is 138 Å². The van der Waals surface area contributed by atoms with Gasteiger partial charge in [0.2, 0.25) is 0 Å². The van der Waals surface area contributed by atoms with Gasteiger partial charge in [-0.3, -0.25) is 4.79 Å². The molecule has 1 saturated heterocycles. The van der Waals surface area contributed by atoms with Crippen molar-refractivity contribution >= 4 is 5.91 Å². The predicted octanol–water partition coefficient (Wildman–Crippen LogP) is 2.60. The second kappa shape index (κ2) is 8.77. The fraction of sp³-hybridized carbons (Fsp3) is 0.611. The summed E-state index contributed by atoms with van der Waals surface area (Å²) >= 11 is 0. The zero-order chi connectivity index (χ0) is 16.7. The third-order valence-corrected chi connectivity index (χ3v) is 4.05. The number of carbonyl (C=O) groups excluding carboxylic acids is 1. The van der Waals surface area contributed by atoms with Gasteiger partial charge >= 0.3 is 0 Å². The molecule has 23 heavy (non-hydrogen) atoms. The maximum Gasteiger partial charge on any atom is 0.251 e. The van der Waals surface area contributed by atoms with Crippen LogP contribution in [0.25, 0.3) is 0 Å². The number of rotatable bonds is 8. The molecule has 1 atom stereocenters. The van der Waals surface area contributed by atoms with Crippen molar-refractivity contribution in [2.75, 3.05) is 26.8 Å². The van der Waals surface area contributed by atoms with E-state index in [4.69, 9.17) is 9.47 Å². The summed E-state index contributed by atoms with van der Waals surface area (Å²) in [7, 11) is 1.59. The standard InChI is InChI=1S/C18H28N2O3/c1-13(2)8-10-23-16-7-6-14(11-17(16)22-3)18(21)20-12-15-5-4-9-19-15/h6-7,11,13,15,19H,4-5,8-10,12H2,1-3H3,(H,20,21). The summed E-state index contributed by atoms with van der Waals surface area (Å²) in [6, 6.07) is 5.72. The van der Waals surface area contributed by atoms with Gasteiger partial charge in [0.25, 0.3) is 5.91 Å². The van der Waals surface area contributed by atoms with E-state index in [1.807, 2.05) is 6.07 Å². The number of hydrogen-bond acceptors (Lipinski definition) is 4. The molecule has 0 bridgehead atoms. The third kappa shape index (κ3) is 5.43. The van der Waals surface area contributed by atoms with Gasteiger partial charge in [0.15, 0.2) is 11.5 Å². The summed E-state index contributed by atoms with van der Waals surface area (Å²) in [4.78, 5) is 12.2. The van der Waals surface area contributed by atoms with E-state index in [0.29, 0.717) is 42.2 Å². The zero-order valence-corrected chi connectivity index (χ0v) is 14.4. The molecule has 1 aromatic rings. The Morgan fingerprint density at radius 3 is 2.87 bits per heavy atom. The van der Waals surface area contributed by atoms with Crippen molar-refractivity contribution in [1.29, 1.82) is 0 Å². The van der Waals surface area contributed by atoms with Crippen LogP contribution in [0.15, 0.2) is 18.2 Å². The lowest BCUT2D eigenvalue weighted by molar-refractivity contribution is 0.0950. The number of benzene rings is 1. The van der Waals surface area contributed by atoms with Gasteiger partial charge in [0.1, 0.15) is 0 Å². The van der Waals surface area contributed by atoms with Crippen LogP contribution < -0.4 is 20.1 Å². The average Bonchev–Trinajstić information content (AvgIpc) is 3.06. The van der Waals surface area contributed by atoms with Gasteiger partial charge < -0.3 is 20.1 Å². The summed E-state index contributed by atoms with van der Waals surface area (Å²) in [5, 5.41) is 6.34. The van der Waals surface area contributed by atoms with E-state index >= 15 is 0 Å². The lowest BCUT2D eigenvalue weighted by Crippen LogP contribution is -2.37. The molecule has 1 unspecified atom stereocenters. The van der Waals surface area contributed by atoms with E-state index in [1.54, 1.807) is 19.2 Å². The molecule has 0 aliphatic carbocycles. The van der Waals surface area contributed by atoms with E-state index in [-0.39, 0.29) is 5.91 Å². The molecule has 1 aromatic carbocycles. The maximum atomic E-state index is 12.2. The molecule has 5 nitrogen and oxygen atoms in total. The Kier molecular flexibility index (Phi) is 6.71. The molecule has 1 aliphatic rings. The first-order chi connectivity index (χ1) is 11.1. The zero-order valence-electron chi connectivity index (χ0n) is 14.4. The molecule has 2 rings (SSSR count). The molecule has 0 radical (unpaired) electrons. The van der Waals surface area contributed by atoms with E-state index in [0.717, 1.165) is 19.4 Å². The van der Waals surface area contributed by atoms with Crippen molar-refractivity contribution in [1.82, 2.24) is 10.6 Å².